The monoisotopic (exact) mass is 373 g/mol. The quantitative estimate of drug-likeness (QED) is 0.687. The normalized spacial score (nSPS) is 10.2. The second-order valence-corrected chi connectivity index (χ2v) is 6.57. The summed E-state index contributed by atoms with van der Waals surface area (Å²) in [5.74, 6) is -0.144. The van der Waals surface area contributed by atoms with E-state index in [0.717, 1.165) is 11.3 Å². The predicted molar refractivity (Wildman–Crippen MR) is 113 cm³/mol. The maximum atomic E-state index is 12.7. The van der Waals surface area contributed by atoms with Crippen molar-refractivity contribution in [2.24, 2.45) is 0 Å². The van der Waals surface area contributed by atoms with Gasteiger partial charge in [-0.15, -0.1) is 0 Å². The van der Waals surface area contributed by atoms with Gasteiger partial charge in [0.15, 0.2) is 0 Å². The van der Waals surface area contributed by atoms with Crippen LogP contribution in [-0.2, 0) is 6.54 Å². The highest BCUT2D eigenvalue weighted by Gasteiger charge is 2.14. The van der Waals surface area contributed by atoms with Crippen LogP contribution in [-0.4, -0.2) is 19.0 Å². The summed E-state index contributed by atoms with van der Waals surface area (Å²) < 4.78 is 0. The molecule has 0 atom stereocenters. The molecule has 0 aliphatic heterocycles. The predicted octanol–water partition coefficient (Wildman–Crippen LogP) is 4.59. The van der Waals surface area contributed by atoms with Crippen LogP contribution in [0.1, 0.15) is 21.5 Å². The van der Waals surface area contributed by atoms with Crippen molar-refractivity contribution in [1.29, 1.82) is 0 Å². The van der Waals surface area contributed by atoms with Gasteiger partial charge in [0.1, 0.15) is 0 Å². The van der Waals surface area contributed by atoms with Crippen molar-refractivity contribution in [3.05, 3.63) is 95.6 Å². The van der Waals surface area contributed by atoms with Crippen molar-refractivity contribution in [2.45, 2.75) is 13.5 Å². The standard InChI is InChI=1S/C23H23N3O2/c1-17-11-13-18(14-12-17)16-24-23(28)25-20-8-6-7-19(15-20)22(27)26(2)21-9-4-3-5-10-21/h3-15H,16H2,1-2H3,(H2,24,25,28). The first-order valence-corrected chi connectivity index (χ1v) is 9.06. The minimum Gasteiger partial charge on any atom is -0.334 e. The average Bonchev–Trinajstić information content (AvgIpc) is 2.73. The second kappa shape index (κ2) is 8.86. The van der Waals surface area contributed by atoms with E-state index >= 15 is 0 Å². The first-order chi connectivity index (χ1) is 13.5. The lowest BCUT2D eigenvalue weighted by Gasteiger charge is -2.17. The van der Waals surface area contributed by atoms with Crippen LogP contribution in [0.15, 0.2) is 78.9 Å². The van der Waals surface area contributed by atoms with Gasteiger partial charge >= 0.3 is 6.03 Å². The van der Waals surface area contributed by atoms with E-state index in [0.29, 0.717) is 17.8 Å². The molecule has 5 heteroatoms. The van der Waals surface area contributed by atoms with Crippen LogP contribution in [0.25, 0.3) is 0 Å². The number of hydrogen-bond donors (Lipinski definition) is 2. The van der Waals surface area contributed by atoms with Gasteiger partial charge in [-0.3, -0.25) is 4.79 Å². The Morgan fingerprint density at radius 2 is 1.61 bits per heavy atom. The van der Waals surface area contributed by atoms with Crippen LogP contribution in [0, 0.1) is 6.92 Å². The van der Waals surface area contributed by atoms with Crippen molar-refractivity contribution < 1.29 is 9.59 Å². The summed E-state index contributed by atoms with van der Waals surface area (Å²) in [7, 11) is 1.73. The zero-order valence-corrected chi connectivity index (χ0v) is 16.0. The molecule has 0 unspecified atom stereocenters. The number of nitrogens with one attached hydrogen (secondary N) is 2. The van der Waals surface area contributed by atoms with Crippen LogP contribution >= 0.6 is 0 Å². The Morgan fingerprint density at radius 1 is 0.893 bits per heavy atom. The lowest BCUT2D eigenvalue weighted by atomic mass is 10.1. The minimum atomic E-state index is -0.318. The van der Waals surface area contributed by atoms with E-state index in [-0.39, 0.29) is 11.9 Å². The third kappa shape index (κ3) is 4.98. The molecule has 28 heavy (non-hydrogen) atoms. The number of hydrogen-bond acceptors (Lipinski definition) is 2. The van der Waals surface area contributed by atoms with Crippen molar-refractivity contribution in [3.63, 3.8) is 0 Å². The molecular formula is C23H23N3O2. The third-order valence-electron chi connectivity index (χ3n) is 4.39. The molecule has 0 aliphatic rings. The molecule has 0 aromatic heterocycles. The van der Waals surface area contributed by atoms with E-state index in [2.05, 4.69) is 10.6 Å². The Kier molecular flexibility index (Phi) is 6.07. The molecule has 0 radical (unpaired) electrons. The molecule has 3 rings (SSSR count). The molecule has 2 N–H and O–H groups in total. The first kappa shape index (κ1) is 19.2. The number of carbonyl (C=O) groups is 2. The fourth-order valence-electron chi connectivity index (χ4n) is 2.76. The third-order valence-corrected chi connectivity index (χ3v) is 4.39. The smallest absolute Gasteiger partial charge is 0.319 e. The summed E-state index contributed by atoms with van der Waals surface area (Å²) in [6.07, 6.45) is 0. The molecule has 3 aromatic carbocycles. The molecule has 142 valence electrons. The van der Waals surface area contributed by atoms with Gasteiger partial charge in [-0.25, -0.2) is 4.79 Å². The van der Waals surface area contributed by atoms with Gasteiger partial charge in [-0.05, 0) is 42.8 Å². The van der Waals surface area contributed by atoms with E-state index in [1.807, 2.05) is 61.5 Å². The van der Waals surface area contributed by atoms with E-state index < -0.39 is 0 Å². The topological polar surface area (TPSA) is 61.4 Å². The average molecular weight is 373 g/mol. The zero-order valence-electron chi connectivity index (χ0n) is 16.0. The van der Waals surface area contributed by atoms with Crippen LogP contribution in [0.3, 0.4) is 0 Å². The summed E-state index contributed by atoms with van der Waals surface area (Å²) in [5.41, 5.74) is 4.07. The van der Waals surface area contributed by atoms with Crippen molar-refractivity contribution in [1.82, 2.24) is 5.32 Å². The highest BCUT2D eigenvalue weighted by molar-refractivity contribution is 6.06. The van der Waals surface area contributed by atoms with Gasteiger partial charge in [-0.2, -0.15) is 0 Å². The molecule has 0 saturated carbocycles. The molecule has 0 bridgehead atoms. The molecule has 3 amide bonds. The summed E-state index contributed by atoms with van der Waals surface area (Å²) in [5, 5.41) is 5.60. The van der Waals surface area contributed by atoms with Gasteiger partial charge in [0.05, 0.1) is 0 Å². The SMILES string of the molecule is Cc1ccc(CNC(=O)Nc2cccc(C(=O)N(C)c3ccccc3)c2)cc1. The van der Waals surface area contributed by atoms with Crippen LogP contribution in [0.2, 0.25) is 0 Å². The maximum Gasteiger partial charge on any atom is 0.319 e. The number of aryl methyl sites for hydroxylation is 1. The zero-order chi connectivity index (χ0) is 19.9. The molecule has 0 saturated heterocycles. The lowest BCUT2D eigenvalue weighted by molar-refractivity contribution is 0.0993. The maximum absolute atomic E-state index is 12.7. The molecule has 0 heterocycles. The van der Waals surface area contributed by atoms with Gasteiger partial charge in [0.2, 0.25) is 0 Å². The molecular weight excluding hydrogens is 350 g/mol. The second-order valence-electron chi connectivity index (χ2n) is 6.57. The summed E-state index contributed by atoms with van der Waals surface area (Å²) in [6.45, 7) is 2.45. The Hall–Kier alpha value is -3.60. The first-order valence-electron chi connectivity index (χ1n) is 9.06. The molecule has 5 nitrogen and oxygen atoms in total. The summed E-state index contributed by atoms with van der Waals surface area (Å²) in [4.78, 5) is 26.5. The lowest BCUT2D eigenvalue weighted by Crippen LogP contribution is -2.29. The number of anilines is 2. The van der Waals surface area contributed by atoms with Crippen LogP contribution in [0.5, 0.6) is 0 Å². The van der Waals surface area contributed by atoms with E-state index in [1.54, 1.807) is 36.2 Å². The van der Waals surface area contributed by atoms with Crippen LogP contribution in [0.4, 0.5) is 16.2 Å². The van der Waals surface area contributed by atoms with Crippen molar-refractivity contribution >= 4 is 23.3 Å². The largest absolute Gasteiger partial charge is 0.334 e. The molecule has 0 spiro atoms. The summed E-state index contributed by atoms with van der Waals surface area (Å²) in [6, 6.07) is 24.0. The Bertz CT molecular complexity index is 953. The van der Waals surface area contributed by atoms with Gasteiger partial charge < -0.3 is 15.5 Å². The Labute approximate surface area is 165 Å². The van der Waals surface area contributed by atoms with Gasteiger partial charge in [-0.1, -0.05) is 54.1 Å². The molecule has 0 aliphatic carbocycles. The van der Waals surface area contributed by atoms with Crippen LogP contribution < -0.4 is 15.5 Å². The van der Waals surface area contributed by atoms with E-state index in [4.69, 9.17) is 0 Å². The summed E-state index contributed by atoms with van der Waals surface area (Å²) >= 11 is 0. The number of nitrogens with zero attached hydrogens (tertiary/aromatic N) is 1. The fourth-order valence-corrected chi connectivity index (χ4v) is 2.76. The molecule has 0 fully saturated rings. The molecule has 3 aromatic rings. The fraction of sp³-hybridized carbons (Fsp3) is 0.130. The highest BCUT2D eigenvalue weighted by Crippen LogP contribution is 2.17. The number of para-hydroxylation sites is 1. The number of urea groups is 1. The minimum absolute atomic E-state index is 0.144. The Morgan fingerprint density at radius 3 is 2.32 bits per heavy atom. The Balaban J connectivity index is 1.61. The van der Waals surface area contributed by atoms with E-state index in [9.17, 15) is 9.59 Å². The van der Waals surface area contributed by atoms with Gasteiger partial charge in [0, 0.05) is 30.5 Å². The van der Waals surface area contributed by atoms with E-state index in [1.165, 1.54) is 5.56 Å². The highest BCUT2D eigenvalue weighted by atomic mass is 16.2. The van der Waals surface area contributed by atoms with Gasteiger partial charge in [0.25, 0.3) is 5.91 Å². The van der Waals surface area contributed by atoms with Crippen molar-refractivity contribution in [3.8, 4) is 0 Å². The number of carbonyl (C=O) groups excluding carboxylic acids is 2. The number of benzene rings is 3. The van der Waals surface area contributed by atoms with Crippen molar-refractivity contribution in [2.75, 3.05) is 17.3 Å². The number of rotatable bonds is 5. The number of amides is 3.